The van der Waals surface area contributed by atoms with E-state index in [0.29, 0.717) is 11.0 Å². The summed E-state index contributed by atoms with van der Waals surface area (Å²) in [4.78, 5) is 8.73. The van der Waals surface area contributed by atoms with Crippen LogP contribution in [0.1, 0.15) is 19.2 Å². The molecule has 0 aliphatic rings. The minimum absolute atomic E-state index is 0.525. The molecule has 3 nitrogen and oxygen atoms in total. The van der Waals surface area contributed by atoms with E-state index in [4.69, 9.17) is 16.3 Å². The van der Waals surface area contributed by atoms with Gasteiger partial charge in [0.15, 0.2) is 5.15 Å². The summed E-state index contributed by atoms with van der Waals surface area (Å²) in [7, 11) is 0. The predicted molar refractivity (Wildman–Crippen MR) is 88.4 cm³/mol. The van der Waals surface area contributed by atoms with Gasteiger partial charge in [-0.1, -0.05) is 30.7 Å². The first kappa shape index (κ1) is 14.3. The van der Waals surface area contributed by atoms with Crippen LogP contribution in [0, 0.1) is 6.92 Å². The zero-order valence-corrected chi connectivity index (χ0v) is 13.5. The van der Waals surface area contributed by atoms with E-state index in [1.165, 1.54) is 0 Å². The Morgan fingerprint density at radius 2 is 1.95 bits per heavy atom. The van der Waals surface area contributed by atoms with Crippen molar-refractivity contribution in [1.82, 2.24) is 9.97 Å². The number of hydrogen-bond acceptors (Lipinski definition) is 4. The quantitative estimate of drug-likeness (QED) is 0.627. The molecule has 3 aromatic rings. The number of aromatic nitrogens is 2. The van der Waals surface area contributed by atoms with E-state index >= 15 is 0 Å². The zero-order chi connectivity index (χ0) is 14.8. The number of benzene rings is 1. The summed E-state index contributed by atoms with van der Waals surface area (Å²) in [5, 5.41) is 2.60. The Morgan fingerprint density at radius 3 is 2.67 bits per heavy atom. The van der Waals surface area contributed by atoms with E-state index < -0.39 is 0 Å². The first-order chi connectivity index (χ1) is 10.2. The summed E-state index contributed by atoms with van der Waals surface area (Å²) < 4.78 is 6.54. The second-order valence-corrected chi connectivity index (χ2v) is 6.00. The van der Waals surface area contributed by atoms with Crippen molar-refractivity contribution in [2.75, 3.05) is 6.61 Å². The highest BCUT2D eigenvalue weighted by Crippen LogP contribution is 2.36. The standard InChI is InChI=1S/C16H15ClN2OS/c1-3-8-20-12-6-4-11(5-7-12)13-9-21-15-14(13)18-10(2)19-16(15)17/h4-7,9H,3,8H2,1-2H3. The molecule has 0 radical (unpaired) electrons. The van der Waals surface area contributed by atoms with Crippen molar-refractivity contribution in [2.45, 2.75) is 20.3 Å². The second-order valence-electron chi connectivity index (χ2n) is 4.76. The van der Waals surface area contributed by atoms with Crippen molar-refractivity contribution < 1.29 is 4.74 Å². The van der Waals surface area contributed by atoms with E-state index in [-0.39, 0.29) is 0 Å². The van der Waals surface area contributed by atoms with Crippen molar-refractivity contribution in [1.29, 1.82) is 0 Å². The van der Waals surface area contributed by atoms with Gasteiger partial charge in [-0.05, 0) is 31.0 Å². The molecule has 2 aromatic heterocycles. The lowest BCUT2D eigenvalue weighted by atomic mass is 10.1. The van der Waals surface area contributed by atoms with Crippen LogP contribution < -0.4 is 4.74 Å². The molecular formula is C16H15ClN2OS. The molecule has 108 valence electrons. The molecule has 0 aliphatic carbocycles. The smallest absolute Gasteiger partial charge is 0.150 e. The SMILES string of the molecule is CCCOc1ccc(-c2csc3c(Cl)nc(C)nc23)cc1. The molecule has 0 atom stereocenters. The van der Waals surface area contributed by atoms with Gasteiger partial charge in [0.05, 0.1) is 16.8 Å². The summed E-state index contributed by atoms with van der Waals surface area (Å²) in [6.07, 6.45) is 1.01. The van der Waals surface area contributed by atoms with Crippen LogP contribution in [0.4, 0.5) is 0 Å². The lowest BCUT2D eigenvalue weighted by Gasteiger charge is -2.05. The van der Waals surface area contributed by atoms with Gasteiger partial charge in [-0.15, -0.1) is 11.3 Å². The molecule has 0 saturated carbocycles. The summed E-state index contributed by atoms with van der Waals surface area (Å²) in [5.74, 6) is 1.58. The van der Waals surface area contributed by atoms with Gasteiger partial charge in [0.1, 0.15) is 11.6 Å². The van der Waals surface area contributed by atoms with Crippen molar-refractivity contribution in [3.63, 3.8) is 0 Å². The lowest BCUT2D eigenvalue weighted by molar-refractivity contribution is 0.317. The number of nitrogens with zero attached hydrogens (tertiary/aromatic N) is 2. The van der Waals surface area contributed by atoms with Gasteiger partial charge in [0, 0.05) is 10.9 Å². The topological polar surface area (TPSA) is 35.0 Å². The van der Waals surface area contributed by atoms with Crippen LogP contribution >= 0.6 is 22.9 Å². The number of hydrogen-bond donors (Lipinski definition) is 0. The largest absolute Gasteiger partial charge is 0.494 e. The Morgan fingerprint density at radius 1 is 1.19 bits per heavy atom. The molecule has 3 rings (SSSR count). The Hall–Kier alpha value is -1.65. The van der Waals surface area contributed by atoms with Crippen LogP contribution in [0.2, 0.25) is 5.15 Å². The minimum atomic E-state index is 0.525. The van der Waals surface area contributed by atoms with Gasteiger partial charge in [-0.3, -0.25) is 0 Å². The van der Waals surface area contributed by atoms with Gasteiger partial charge >= 0.3 is 0 Å². The van der Waals surface area contributed by atoms with Crippen molar-refractivity contribution in [3.05, 3.63) is 40.6 Å². The highest BCUT2D eigenvalue weighted by Gasteiger charge is 2.12. The molecule has 0 N–H and O–H groups in total. The Kier molecular flexibility index (Phi) is 4.08. The maximum absolute atomic E-state index is 6.18. The number of fused-ring (bicyclic) bond motifs is 1. The Balaban J connectivity index is 2.00. The Labute approximate surface area is 132 Å². The van der Waals surface area contributed by atoms with Gasteiger partial charge in [-0.2, -0.15) is 0 Å². The number of rotatable bonds is 4. The maximum Gasteiger partial charge on any atom is 0.150 e. The van der Waals surface area contributed by atoms with Crippen molar-refractivity contribution in [3.8, 4) is 16.9 Å². The fourth-order valence-electron chi connectivity index (χ4n) is 2.14. The molecule has 0 spiro atoms. The van der Waals surface area contributed by atoms with Gasteiger partial charge in [-0.25, -0.2) is 9.97 Å². The molecule has 0 saturated heterocycles. The molecule has 2 heterocycles. The summed E-state index contributed by atoms with van der Waals surface area (Å²) >= 11 is 7.76. The molecule has 0 unspecified atom stereocenters. The minimum Gasteiger partial charge on any atom is -0.494 e. The third-order valence-corrected chi connectivity index (χ3v) is 4.49. The zero-order valence-electron chi connectivity index (χ0n) is 11.9. The molecule has 1 aromatic carbocycles. The van der Waals surface area contributed by atoms with Crippen molar-refractivity contribution in [2.24, 2.45) is 0 Å². The summed E-state index contributed by atoms with van der Waals surface area (Å²) in [6.45, 7) is 4.69. The monoisotopic (exact) mass is 318 g/mol. The molecule has 0 fully saturated rings. The summed E-state index contributed by atoms with van der Waals surface area (Å²) in [5.41, 5.74) is 3.11. The maximum atomic E-state index is 6.18. The normalized spacial score (nSPS) is 11.0. The molecule has 21 heavy (non-hydrogen) atoms. The van der Waals surface area contributed by atoms with Crippen LogP contribution in [-0.2, 0) is 0 Å². The first-order valence-electron chi connectivity index (χ1n) is 6.83. The molecule has 0 bridgehead atoms. The van der Waals surface area contributed by atoms with Crippen molar-refractivity contribution >= 4 is 33.2 Å². The van der Waals surface area contributed by atoms with E-state index in [9.17, 15) is 0 Å². The second kappa shape index (κ2) is 6.00. The van der Waals surface area contributed by atoms with Gasteiger partial charge in [0.25, 0.3) is 0 Å². The number of halogens is 1. The van der Waals surface area contributed by atoms with Gasteiger partial charge in [0.2, 0.25) is 0 Å². The number of aryl methyl sites for hydroxylation is 1. The summed E-state index contributed by atoms with van der Waals surface area (Å²) in [6, 6.07) is 8.09. The third kappa shape index (κ3) is 2.87. The molecule has 0 amide bonds. The van der Waals surface area contributed by atoms with Crippen LogP contribution in [-0.4, -0.2) is 16.6 Å². The van der Waals surface area contributed by atoms with Crippen LogP contribution in [0.15, 0.2) is 29.6 Å². The van der Waals surface area contributed by atoms with Crippen LogP contribution in [0.25, 0.3) is 21.3 Å². The first-order valence-corrected chi connectivity index (χ1v) is 8.09. The van der Waals surface area contributed by atoms with E-state index in [1.807, 2.05) is 19.1 Å². The fourth-order valence-corrected chi connectivity index (χ4v) is 3.38. The molecule has 5 heteroatoms. The molecule has 0 aliphatic heterocycles. The highest BCUT2D eigenvalue weighted by atomic mass is 35.5. The third-order valence-electron chi connectivity index (χ3n) is 3.12. The van der Waals surface area contributed by atoms with Crippen LogP contribution in [0.5, 0.6) is 5.75 Å². The van der Waals surface area contributed by atoms with E-state index in [0.717, 1.165) is 40.1 Å². The van der Waals surface area contributed by atoms with E-state index in [2.05, 4.69) is 34.4 Å². The molecular weight excluding hydrogens is 304 g/mol. The number of ether oxygens (including phenoxy) is 1. The highest BCUT2D eigenvalue weighted by molar-refractivity contribution is 7.18. The average molecular weight is 319 g/mol. The Bertz CT molecular complexity index is 768. The average Bonchev–Trinajstić information content (AvgIpc) is 2.89. The fraction of sp³-hybridized carbons (Fsp3) is 0.250. The predicted octanol–water partition coefficient (Wildman–Crippen LogP) is 5.11. The van der Waals surface area contributed by atoms with Gasteiger partial charge < -0.3 is 4.74 Å². The van der Waals surface area contributed by atoms with Crippen LogP contribution in [0.3, 0.4) is 0 Å². The van der Waals surface area contributed by atoms with E-state index in [1.54, 1.807) is 11.3 Å². The number of thiophene rings is 1. The lowest BCUT2D eigenvalue weighted by Crippen LogP contribution is -1.94.